The number of fused-ring (bicyclic) bond motifs is 1. The van der Waals surface area contributed by atoms with Gasteiger partial charge in [0.15, 0.2) is 0 Å². The third kappa shape index (κ3) is 2.77. The third-order valence-electron chi connectivity index (χ3n) is 5.97. The van der Waals surface area contributed by atoms with Crippen LogP contribution < -0.4 is 0 Å². The zero-order chi connectivity index (χ0) is 15.5. The van der Waals surface area contributed by atoms with E-state index in [0.29, 0.717) is 0 Å². The smallest absolute Gasteiger partial charge is 0.00566 e. The van der Waals surface area contributed by atoms with Crippen LogP contribution >= 0.6 is 0 Å². The molecule has 120 valence electrons. The van der Waals surface area contributed by atoms with Crippen LogP contribution in [0.15, 0.2) is 46.1 Å². The molecular weight excluding hydrogens is 264 g/mol. The second-order valence-corrected chi connectivity index (χ2v) is 7.27. The summed E-state index contributed by atoms with van der Waals surface area (Å²) in [6.45, 7) is 7.10. The molecule has 2 unspecified atom stereocenters. The topological polar surface area (TPSA) is 0 Å². The van der Waals surface area contributed by atoms with Crippen molar-refractivity contribution in [1.82, 2.24) is 0 Å². The molecule has 0 aromatic heterocycles. The number of rotatable bonds is 4. The predicted molar refractivity (Wildman–Crippen MR) is 96.8 cm³/mol. The maximum Gasteiger partial charge on any atom is 0.00566 e. The first kappa shape index (κ1) is 15.8. The third-order valence-corrected chi connectivity index (χ3v) is 5.97. The summed E-state index contributed by atoms with van der Waals surface area (Å²) in [5, 5.41) is 0. The van der Waals surface area contributed by atoms with Crippen LogP contribution in [0.3, 0.4) is 0 Å². The van der Waals surface area contributed by atoms with Crippen molar-refractivity contribution in [3.8, 4) is 0 Å². The van der Waals surface area contributed by atoms with Crippen LogP contribution in [-0.2, 0) is 0 Å². The van der Waals surface area contributed by atoms with Crippen molar-refractivity contribution in [2.45, 2.75) is 78.6 Å². The lowest BCUT2D eigenvalue weighted by molar-refractivity contribution is 0.451. The Morgan fingerprint density at radius 2 is 1.91 bits per heavy atom. The molecule has 0 fully saturated rings. The minimum Gasteiger partial charge on any atom is -0.0885 e. The quantitative estimate of drug-likeness (QED) is 0.495. The molecule has 0 amide bonds. The Labute approximate surface area is 137 Å². The van der Waals surface area contributed by atoms with E-state index < -0.39 is 0 Å². The fourth-order valence-electron chi connectivity index (χ4n) is 5.03. The van der Waals surface area contributed by atoms with Crippen LogP contribution in [0.2, 0.25) is 0 Å². The SMILES string of the molecule is CCCC1=C(C2CC=CCC2)C2CCCC=C2C(C)=C1CC. The van der Waals surface area contributed by atoms with Gasteiger partial charge in [-0.3, -0.25) is 0 Å². The van der Waals surface area contributed by atoms with E-state index in [2.05, 4.69) is 39.0 Å². The molecule has 0 aromatic rings. The van der Waals surface area contributed by atoms with E-state index in [0.717, 1.165) is 11.8 Å². The molecule has 0 saturated carbocycles. The average molecular weight is 296 g/mol. The highest BCUT2D eigenvalue weighted by Gasteiger charge is 2.34. The lowest BCUT2D eigenvalue weighted by Gasteiger charge is -2.40. The number of hydrogen-bond donors (Lipinski definition) is 0. The molecule has 0 heteroatoms. The van der Waals surface area contributed by atoms with E-state index in [9.17, 15) is 0 Å². The van der Waals surface area contributed by atoms with Gasteiger partial charge >= 0.3 is 0 Å². The van der Waals surface area contributed by atoms with Crippen molar-refractivity contribution in [3.63, 3.8) is 0 Å². The first-order valence-electron chi connectivity index (χ1n) is 9.56. The second-order valence-electron chi connectivity index (χ2n) is 7.27. The van der Waals surface area contributed by atoms with Crippen LogP contribution in [-0.4, -0.2) is 0 Å². The zero-order valence-electron chi connectivity index (χ0n) is 14.8. The highest BCUT2D eigenvalue weighted by molar-refractivity contribution is 5.55. The van der Waals surface area contributed by atoms with Gasteiger partial charge in [0, 0.05) is 5.92 Å². The van der Waals surface area contributed by atoms with Crippen molar-refractivity contribution in [2.75, 3.05) is 0 Å². The fourth-order valence-corrected chi connectivity index (χ4v) is 5.03. The summed E-state index contributed by atoms with van der Waals surface area (Å²) in [5.41, 5.74) is 8.65. The molecular formula is C22H32. The molecule has 0 aromatic carbocycles. The summed E-state index contributed by atoms with van der Waals surface area (Å²) in [6.07, 6.45) is 19.2. The Morgan fingerprint density at radius 3 is 2.59 bits per heavy atom. The lowest BCUT2D eigenvalue weighted by atomic mass is 9.65. The van der Waals surface area contributed by atoms with Gasteiger partial charge in [0.05, 0.1) is 0 Å². The van der Waals surface area contributed by atoms with Crippen LogP contribution in [0.5, 0.6) is 0 Å². The molecule has 0 saturated heterocycles. The Kier molecular flexibility index (Phi) is 5.06. The number of hydrogen-bond acceptors (Lipinski definition) is 0. The largest absolute Gasteiger partial charge is 0.0885 e. The van der Waals surface area contributed by atoms with Crippen molar-refractivity contribution in [1.29, 1.82) is 0 Å². The lowest BCUT2D eigenvalue weighted by Crippen LogP contribution is -2.25. The van der Waals surface area contributed by atoms with Gasteiger partial charge in [0.2, 0.25) is 0 Å². The van der Waals surface area contributed by atoms with E-state index in [4.69, 9.17) is 0 Å². The maximum atomic E-state index is 2.57. The molecule has 0 radical (unpaired) electrons. The predicted octanol–water partition coefficient (Wildman–Crippen LogP) is 6.91. The van der Waals surface area contributed by atoms with Gasteiger partial charge < -0.3 is 0 Å². The van der Waals surface area contributed by atoms with E-state index in [1.807, 2.05) is 5.57 Å². The van der Waals surface area contributed by atoms with Crippen molar-refractivity contribution < 1.29 is 0 Å². The first-order valence-corrected chi connectivity index (χ1v) is 9.56. The first-order chi connectivity index (χ1) is 10.8. The van der Waals surface area contributed by atoms with Gasteiger partial charge in [-0.1, -0.05) is 44.1 Å². The summed E-state index contributed by atoms with van der Waals surface area (Å²) in [6, 6.07) is 0. The molecule has 0 N–H and O–H groups in total. The van der Waals surface area contributed by atoms with Gasteiger partial charge in [-0.25, -0.2) is 0 Å². The van der Waals surface area contributed by atoms with Crippen LogP contribution in [0.1, 0.15) is 78.6 Å². The Morgan fingerprint density at radius 1 is 1.05 bits per heavy atom. The van der Waals surface area contributed by atoms with Crippen molar-refractivity contribution >= 4 is 0 Å². The number of allylic oxidation sites excluding steroid dienone is 8. The van der Waals surface area contributed by atoms with Gasteiger partial charge in [0.1, 0.15) is 0 Å². The Hall–Kier alpha value is -1.04. The minimum atomic E-state index is 0.752. The maximum absolute atomic E-state index is 2.57. The fraction of sp³-hybridized carbons (Fsp3) is 0.636. The summed E-state index contributed by atoms with van der Waals surface area (Å²) >= 11 is 0. The van der Waals surface area contributed by atoms with Crippen molar-refractivity contribution in [3.05, 3.63) is 46.1 Å². The van der Waals surface area contributed by atoms with Crippen molar-refractivity contribution in [2.24, 2.45) is 11.8 Å². The molecule has 3 aliphatic carbocycles. The van der Waals surface area contributed by atoms with E-state index in [1.54, 1.807) is 22.3 Å². The summed E-state index contributed by atoms with van der Waals surface area (Å²) in [7, 11) is 0. The molecule has 3 rings (SSSR count). The molecule has 0 heterocycles. The molecule has 0 aliphatic heterocycles. The molecule has 0 bridgehead atoms. The summed E-state index contributed by atoms with van der Waals surface area (Å²) in [5.74, 6) is 1.56. The van der Waals surface area contributed by atoms with Gasteiger partial charge in [0.25, 0.3) is 0 Å². The molecule has 2 atom stereocenters. The van der Waals surface area contributed by atoms with Crippen LogP contribution in [0.4, 0.5) is 0 Å². The second kappa shape index (κ2) is 7.02. The standard InChI is InChI=1S/C22H32/c1-4-11-20-18(5-2)16(3)19-14-9-10-15-21(19)22(20)17-12-7-6-8-13-17/h6-7,14,17,21H,4-5,8-13,15H2,1-3H3. The van der Waals surface area contributed by atoms with E-state index >= 15 is 0 Å². The molecule has 0 spiro atoms. The molecule has 22 heavy (non-hydrogen) atoms. The molecule has 0 nitrogen and oxygen atoms in total. The Balaban J connectivity index is 2.11. The summed E-state index contributed by atoms with van der Waals surface area (Å²) < 4.78 is 0. The summed E-state index contributed by atoms with van der Waals surface area (Å²) in [4.78, 5) is 0. The van der Waals surface area contributed by atoms with E-state index in [1.165, 1.54) is 57.8 Å². The van der Waals surface area contributed by atoms with Gasteiger partial charge in [-0.2, -0.15) is 0 Å². The highest BCUT2D eigenvalue weighted by Crippen LogP contribution is 2.49. The van der Waals surface area contributed by atoms with E-state index in [-0.39, 0.29) is 0 Å². The van der Waals surface area contributed by atoms with Gasteiger partial charge in [-0.15, -0.1) is 0 Å². The minimum absolute atomic E-state index is 0.752. The average Bonchev–Trinajstić information content (AvgIpc) is 2.57. The Bertz CT molecular complexity index is 538. The normalized spacial score (nSPS) is 28.8. The molecule has 3 aliphatic rings. The van der Waals surface area contributed by atoms with Crippen LogP contribution in [0.25, 0.3) is 0 Å². The monoisotopic (exact) mass is 296 g/mol. The van der Waals surface area contributed by atoms with Crippen LogP contribution in [0, 0.1) is 11.8 Å². The zero-order valence-corrected chi connectivity index (χ0v) is 14.8. The van der Waals surface area contributed by atoms with Gasteiger partial charge in [-0.05, 0) is 86.5 Å². The highest BCUT2D eigenvalue weighted by atomic mass is 14.4.